The first-order chi connectivity index (χ1) is 9.06. The van der Waals surface area contributed by atoms with Gasteiger partial charge in [-0.15, -0.1) is 5.10 Å². The van der Waals surface area contributed by atoms with Gasteiger partial charge >= 0.3 is 0 Å². The molecule has 2 N–H and O–H groups in total. The number of halogens is 2. The van der Waals surface area contributed by atoms with E-state index in [9.17, 15) is 9.90 Å². The number of hydrogen-bond donors (Lipinski definition) is 2. The number of phenolic OH excluding ortho intramolecular Hbond substituents is 1. The van der Waals surface area contributed by atoms with E-state index in [-0.39, 0.29) is 28.1 Å². The monoisotopic (exact) mass is 300 g/mol. The number of carbonyl (C=O) groups excluding carboxylic acids is 1. The summed E-state index contributed by atoms with van der Waals surface area (Å²) >= 11 is 11.5. The molecule has 0 atom stereocenters. The predicted molar refractivity (Wildman–Crippen MR) is 71.4 cm³/mol. The van der Waals surface area contributed by atoms with Gasteiger partial charge in [-0.25, -0.2) is 0 Å². The molecule has 100 valence electrons. The second-order valence-electron chi connectivity index (χ2n) is 3.75. The Balaban J connectivity index is 1.95. The van der Waals surface area contributed by atoms with Crippen LogP contribution in [0.1, 0.15) is 6.42 Å². The van der Waals surface area contributed by atoms with E-state index in [1.165, 1.54) is 18.3 Å². The maximum Gasteiger partial charge on any atom is 0.226 e. The number of anilines is 1. The molecule has 8 heteroatoms. The Hall–Kier alpha value is -1.79. The minimum atomic E-state index is -0.215. The number of nitrogens with one attached hydrogen (secondary N) is 1. The van der Waals surface area contributed by atoms with Crippen molar-refractivity contribution in [2.24, 2.45) is 0 Å². The molecule has 0 aliphatic carbocycles. The third-order valence-electron chi connectivity index (χ3n) is 2.34. The summed E-state index contributed by atoms with van der Waals surface area (Å²) in [5, 5.41) is 19.6. The van der Waals surface area contributed by atoms with Gasteiger partial charge in [0.15, 0.2) is 5.75 Å². The third kappa shape index (κ3) is 3.59. The van der Waals surface area contributed by atoms with Crippen LogP contribution in [0, 0.1) is 0 Å². The van der Waals surface area contributed by atoms with Crippen molar-refractivity contribution < 1.29 is 9.90 Å². The fourth-order valence-corrected chi connectivity index (χ4v) is 1.92. The molecule has 0 saturated carbocycles. The first kappa shape index (κ1) is 13.6. The Labute approximate surface area is 118 Å². The molecule has 0 fully saturated rings. The summed E-state index contributed by atoms with van der Waals surface area (Å²) < 4.78 is 1.55. The molecule has 2 rings (SSSR count). The van der Waals surface area contributed by atoms with E-state index in [4.69, 9.17) is 23.2 Å². The highest BCUT2D eigenvalue weighted by atomic mass is 35.5. The minimum absolute atomic E-state index is 0.0825. The lowest BCUT2D eigenvalue weighted by atomic mass is 10.3. The Kier molecular flexibility index (Phi) is 4.24. The smallest absolute Gasteiger partial charge is 0.226 e. The second kappa shape index (κ2) is 5.90. The van der Waals surface area contributed by atoms with Crippen molar-refractivity contribution in [2.75, 3.05) is 5.32 Å². The lowest BCUT2D eigenvalue weighted by Gasteiger charge is -2.07. The van der Waals surface area contributed by atoms with Gasteiger partial charge in [-0.1, -0.05) is 28.4 Å². The number of amides is 1. The summed E-state index contributed by atoms with van der Waals surface area (Å²) in [5.41, 5.74) is 0.427. The van der Waals surface area contributed by atoms with Gasteiger partial charge in [-0.3, -0.25) is 9.48 Å². The third-order valence-corrected chi connectivity index (χ3v) is 2.92. The molecule has 0 aliphatic heterocycles. The molecule has 1 aromatic heterocycles. The quantitative estimate of drug-likeness (QED) is 0.849. The van der Waals surface area contributed by atoms with Crippen LogP contribution >= 0.6 is 23.2 Å². The van der Waals surface area contributed by atoms with Crippen molar-refractivity contribution in [3.8, 4) is 5.75 Å². The van der Waals surface area contributed by atoms with Gasteiger partial charge in [0.1, 0.15) is 0 Å². The van der Waals surface area contributed by atoms with Gasteiger partial charge < -0.3 is 10.4 Å². The standard InChI is InChI=1S/C11H10Cl2N4O2/c12-8-5-7(6-9(13)11(8)19)15-10(18)1-3-17-4-2-14-16-17/h2,4-6,19H,1,3H2,(H,15,18). The summed E-state index contributed by atoms with van der Waals surface area (Å²) in [6, 6.07) is 2.85. The van der Waals surface area contributed by atoms with Gasteiger partial charge in [0.25, 0.3) is 0 Å². The van der Waals surface area contributed by atoms with E-state index >= 15 is 0 Å². The van der Waals surface area contributed by atoms with Crippen LogP contribution in [-0.4, -0.2) is 26.0 Å². The zero-order chi connectivity index (χ0) is 13.8. The Morgan fingerprint density at radius 1 is 1.37 bits per heavy atom. The van der Waals surface area contributed by atoms with Crippen LogP contribution in [0.3, 0.4) is 0 Å². The minimum Gasteiger partial charge on any atom is -0.505 e. The predicted octanol–water partition coefficient (Wildman–Crippen LogP) is 2.32. The topological polar surface area (TPSA) is 80.0 Å². The average Bonchev–Trinajstić information content (AvgIpc) is 2.86. The van der Waals surface area contributed by atoms with Crippen molar-refractivity contribution in [1.29, 1.82) is 0 Å². The van der Waals surface area contributed by atoms with Crippen LogP contribution in [0.4, 0.5) is 5.69 Å². The number of nitrogens with zero attached hydrogens (tertiary/aromatic N) is 3. The summed E-state index contributed by atoms with van der Waals surface area (Å²) in [5.74, 6) is -0.419. The fourth-order valence-electron chi connectivity index (χ4n) is 1.43. The van der Waals surface area contributed by atoms with Crippen LogP contribution in [0.2, 0.25) is 10.0 Å². The molecule has 0 radical (unpaired) electrons. The highest BCUT2D eigenvalue weighted by molar-refractivity contribution is 6.37. The van der Waals surface area contributed by atoms with Crippen molar-refractivity contribution in [2.45, 2.75) is 13.0 Å². The molecule has 0 saturated heterocycles. The van der Waals surface area contributed by atoms with Crippen LogP contribution in [0.25, 0.3) is 0 Å². The number of phenols is 1. The molecule has 1 heterocycles. The Bertz CT molecular complexity index is 563. The van der Waals surface area contributed by atoms with E-state index in [0.29, 0.717) is 12.2 Å². The lowest BCUT2D eigenvalue weighted by Crippen LogP contribution is -2.14. The van der Waals surface area contributed by atoms with E-state index < -0.39 is 0 Å². The van der Waals surface area contributed by atoms with Gasteiger partial charge in [-0.2, -0.15) is 0 Å². The zero-order valence-corrected chi connectivity index (χ0v) is 11.2. The average molecular weight is 301 g/mol. The molecule has 0 unspecified atom stereocenters. The van der Waals surface area contributed by atoms with Gasteiger partial charge in [0, 0.05) is 18.3 Å². The zero-order valence-electron chi connectivity index (χ0n) is 9.68. The number of hydrogen-bond acceptors (Lipinski definition) is 4. The first-order valence-corrected chi connectivity index (χ1v) is 6.14. The van der Waals surface area contributed by atoms with Crippen LogP contribution in [0.5, 0.6) is 5.75 Å². The summed E-state index contributed by atoms with van der Waals surface area (Å²) in [4.78, 5) is 11.7. The number of aromatic hydroxyl groups is 1. The maximum atomic E-state index is 11.7. The van der Waals surface area contributed by atoms with E-state index in [1.54, 1.807) is 10.9 Å². The molecule has 19 heavy (non-hydrogen) atoms. The van der Waals surface area contributed by atoms with Crippen molar-refractivity contribution >= 4 is 34.8 Å². The lowest BCUT2D eigenvalue weighted by molar-refractivity contribution is -0.116. The maximum absolute atomic E-state index is 11.7. The molecule has 6 nitrogen and oxygen atoms in total. The van der Waals surface area contributed by atoms with Gasteiger partial charge in [0.2, 0.25) is 5.91 Å². The van der Waals surface area contributed by atoms with Crippen LogP contribution in [-0.2, 0) is 11.3 Å². The van der Waals surface area contributed by atoms with E-state index in [2.05, 4.69) is 15.6 Å². The van der Waals surface area contributed by atoms with Crippen LogP contribution < -0.4 is 5.32 Å². The molecule has 0 aliphatic rings. The SMILES string of the molecule is O=C(CCn1ccnn1)Nc1cc(Cl)c(O)c(Cl)c1. The number of rotatable bonds is 4. The van der Waals surface area contributed by atoms with Crippen molar-refractivity contribution in [1.82, 2.24) is 15.0 Å². The second-order valence-corrected chi connectivity index (χ2v) is 4.57. The van der Waals surface area contributed by atoms with Gasteiger partial charge in [-0.05, 0) is 12.1 Å². The fraction of sp³-hybridized carbons (Fsp3) is 0.182. The van der Waals surface area contributed by atoms with Gasteiger partial charge in [0.05, 0.1) is 22.8 Å². The number of benzene rings is 1. The molecule has 2 aromatic rings. The molecule has 1 aromatic carbocycles. The number of aromatic nitrogens is 3. The van der Waals surface area contributed by atoms with Crippen LogP contribution in [0.15, 0.2) is 24.5 Å². The summed E-state index contributed by atoms with van der Waals surface area (Å²) in [7, 11) is 0. The molecule has 0 bridgehead atoms. The summed E-state index contributed by atoms with van der Waals surface area (Å²) in [6.07, 6.45) is 3.44. The highest BCUT2D eigenvalue weighted by Crippen LogP contribution is 2.34. The van der Waals surface area contributed by atoms with Crippen molar-refractivity contribution in [3.63, 3.8) is 0 Å². The highest BCUT2D eigenvalue weighted by Gasteiger charge is 2.09. The van der Waals surface area contributed by atoms with Crippen molar-refractivity contribution in [3.05, 3.63) is 34.6 Å². The number of aryl methyl sites for hydroxylation is 1. The Morgan fingerprint density at radius 3 is 2.63 bits per heavy atom. The molecule has 0 spiro atoms. The first-order valence-electron chi connectivity index (χ1n) is 5.38. The van der Waals surface area contributed by atoms with E-state index in [0.717, 1.165) is 0 Å². The normalized spacial score (nSPS) is 10.4. The Morgan fingerprint density at radius 2 is 2.05 bits per heavy atom. The van der Waals surface area contributed by atoms with E-state index in [1.807, 2.05) is 0 Å². The number of carbonyl (C=O) groups is 1. The summed E-state index contributed by atoms with van der Waals surface area (Å²) in [6.45, 7) is 0.422. The largest absolute Gasteiger partial charge is 0.505 e. The molecular weight excluding hydrogens is 291 g/mol. The molecule has 1 amide bonds. The molecular formula is C11H10Cl2N4O2.